The number of aliphatic carboxylic acids is 1. The van der Waals surface area contributed by atoms with E-state index < -0.39 is 12.3 Å². The highest BCUT2D eigenvalue weighted by Gasteiger charge is 2.33. The van der Waals surface area contributed by atoms with Crippen molar-refractivity contribution in [2.45, 2.75) is 44.5 Å². The zero-order valence-electron chi connectivity index (χ0n) is 20.9. The normalized spacial score (nSPS) is 16.1. The van der Waals surface area contributed by atoms with Gasteiger partial charge in [0.05, 0.1) is 26.2 Å². The highest BCUT2D eigenvalue weighted by Crippen LogP contribution is 2.38. The summed E-state index contributed by atoms with van der Waals surface area (Å²) in [7, 11) is 0. The SMILES string of the molecule is O=C(O)CC1CCc2cc(OCCCOc3cccc4c3CN(c3ccc(OC(F)(F)F)cc3)C4=O)ccc21. The number of benzene rings is 3. The quantitative estimate of drug-likeness (QED) is 0.313. The number of carboxylic acid groups (broad SMARTS) is 1. The summed E-state index contributed by atoms with van der Waals surface area (Å²) in [5.74, 6) is -0.0453. The summed E-state index contributed by atoms with van der Waals surface area (Å²) in [5.41, 5.74) is 3.87. The molecule has 5 rings (SSSR count). The van der Waals surface area contributed by atoms with Crippen LogP contribution in [0.3, 0.4) is 0 Å². The van der Waals surface area contributed by atoms with Crippen LogP contribution in [0.4, 0.5) is 18.9 Å². The van der Waals surface area contributed by atoms with Crippen molar-refractivity contribution in [3.8, 4) is 17.2 Å². The van der Waals surface area contributed by atoms with Gasteiger partial charge in [-0.15, -0.1) is 13.2 Å². The van der Waals surface area contributed by atoms with E-state index in [4.69, 9.17) is 14.6 Å². The lowest BCUT2D eigenvalue weighted by Gasteiger charge is -2.17. The van der Waals surface area contributed by atoms with Gasteiger partial charge in [0.25, 0.3) is 5.91 Å². The van der Waals surface area contributed by atoms with Crippen molar-refractivity contribution in [1.29, 1.82) is 0 Å². The third-order valence-corrected chi connectivity index (χ3v) is 6.86. The van der Waals surface area contributed by atoms with Crippen molar-refractivity contribution < 1.29 is 42.1 Å². The van der Waals surface area contributed by atoms with Gasteiger partial charge in [0.2, 0.25) is 0 Å². The van der Waals surface area contributed by atoms with Crippen LogP contribution in [-0.2, 0) is 17.8 Å². The Morgan fingerprint density at radius 1 is 1.00 bits per heavy atom. The molecule has 0 aromatic heterocycles. The summed E-state index contributed by atoms with van der Waals surface area (Å²) < 4.78 is 53.0. The minimum absolute atomic E-state index is 0.0538. The molecule has 2 aliphatic rings. The third-order valence-electron chi connectivity index (χ3n) is 6.86. The number of carbonyl (C=O) groups is 2. The highest BCUT2D eigenvalue weighted by molar-refractivity contribution is 6.10. The molecule has 0 bridgehead atoms. The van der Waals surface area contributed by atoms with Gasteiger partial charge < -0.3 is 24.2 Å². The van der Waals surface area contributed by atoms with Crippen molar-refractivity contribution in [3.63, 3.8) is 0 Å². The lowest BCUT2D eigenvalue weighted by Crippen LogP contribution is -2.23. The molecule has 0 radical (unpaired) electrons. The molecule has 10 heteroatoms. The number of anilines is 1. The van der Waals surface area contributed by atoms with E-state index in [2.05, 4.69) is 4.74 Å². The molecule has 1 aliphatic carbocycles. The number of aryl methyl sites for hydroxylation is 1. The number of carboxylic acids is 1. The van der Waals surface area contributed by atoms with Gasteiger partial charge in [0.15, 0.2) is 0 Å². The Balaban J connectivity index is 1.14. The summed E-state index contributed by atoms with van der Waals surface area (Å²) in [5, 5.41) is 9.08. The maximum absolute atomic E-state index is 13.0. The molecule has 0 saturated carbocycles. The molecule has 39 heavy (non-hydrogen) atoms. The van der Waals surface area contributed by atoms with Crippen molar-refractivity contribution in [3.05, 3.63) is 82.9 Å². The second-order valence-electron chi connectivity index (χ2n) is 9.46. The first-order chi connectivity index (χ1) is 18.7. The molecule has 7 nitrogen and oxygen atoms in total. The lowest BCUT2D eigenvalue weighted by atomic mass is 9.98. The van der Waals surface area contributed by atoms with Gasteiger partial charge >= 0.3 is 12.3 Å². The van der Waals surface area contributed by atoms with Crippen LogP contribution in [0.5, 0.6) is 17.2 Å². The van der Waals surface area contributed by atoms with Crippen LogP contribution < -0.4 is 19.1 Å². The van der Waals surface area contributed by atoms with E-state index >= 15 is 0 Å². The van der Waals surface area contributed by atoms with Gasteiger partial charge in [-0.25, -0.2) is 0 Å². The number of rotatable bonds is 10. The van der Waals surface area contributed by atoms with Crippen molar-refractivity contribution in [1.82, 2.24) is 0 Å². The first-order valence-corrected chi connectivity index (χ1v) is 12.6. The van der Waals surface area contributed by atoms with Crippen LogP contribution in [0, 0.1) is 0 Å². The number of carbonyl (C=O) groups excluding carboxylic acids is 1. The molecule has 1 heterocycles. The molecule has 3 aromatic rings. The van der Waals surface area contributed by atoms with E-state index in [-0.39, 0.29) is 30.5 Å². The van der Waals surface area contributed by atoms with Gasteiger partial charge in [-0.05, 0) is 78.4 Å². The maximum atomic E-state index is 13.0. The largest absolute Gasteiger partial charge is 0.573 e. The topological polar surface area (TPSA) is 85.3 Å². The Bertz CT molecular complexity index is 1370. The first kappa shape index (κ1) is 26.4. The van der Waals surface area contributed by atoms with Crippen molar-refractivity contribution in [2.75, 3.05) is 18.1 Å². The molecular weight excluding hydrogens is 515 g/mol. The van der Waals surface area contributed by atoms with Gasteiger partial charge in [0, 0.05) is 23.2 Å². The molecule has 1 atom stereocenters. The molecule has 1 unspecified atom stereocenters. The van der Waals surface area contributed by atoms with Gasteiger partial charge in [-0.1, -0.05) is 12.1 Å². The minimum Gasteiger partial charge on any atom is -0.493 e. The molecule has 1 N–H and O–H groups in total. The molecule has 0 fully saturated rings. The fraction of sp³-hybridized carbons (Fsp3) is 0.310. The number of fused-ring (bicyclic) bond motifs is 2. The summed E-state index contributed by atoms with van der Waals surface area (Å²) in [6.07, 6.45) is -2.38. The lowest BCUT2D eigenvalue weighted by molar-refractivity contribution is -0.274. The van der Waals surface area contributed by atoms with E-state index in [1.165, 1.54) is 29.2 Å². The Morgan fingerprint density at radius 3 is 2.49 bits per heavy atom. The second-order valence-corrected chi connectivity index (χ2v) is 9.46. The monoisotopic (exact) mass is 541 g/mol. The van der Waals surface area contributed by atoms with Crippen molar-refractivity contribution >= 4 is 17.6 Å². The summed E-state index contributed by atoms with van der Waals surface area (Å²) in [6, 6.07) is 16.2. The highest BCUT2D eigenvalue weighted by atomic mass is 19.4. The zero-order valence-corrected chi connectivity index (χ0v) is 20.9. The fourth-order valence-corrected chi connectivity index (χ4v) is 5.10. The Morgan fingerprint density at radius 2 is 1.74 bits per heavy atom. The minimum atomic E-state index is -4.79. The number of ether oxygens (including phenoxy) is 3. The van der Waals surface area contributed by atoms with E-state index in [0.717, 1.165) is 29.7 Å². The second kappa shape index (κ2) is 10.9. The van der Waals surface area contributed by atoms with E-state index in [1.807, 2.05) is 18.2 Å². The molecule has 0 saturated heterocycles. The van der Waals surface area contributed by atoms with Gasteiger partial charge in [0.1, 0.15) is 17.2 Å². The maximum Gasteiger partial charge on any atom is 0.573 e. The molecule has 1 aliphatic heterocycles. The Kier molecular flexibility index (Phi) is 7.36. The number of amides is 1. The first-order valence-electron chi connectivity index (χ1n) is 12.6. The number of nitrogens with zero attached hydrogens (tertiary/aromatic N) is 1. The fourth-order valence-electron chi connectivity index (χ4n) is 5.10. The van der Waals surface area contributed by atoms with Crippen LogP contribution >= 0.6 is 0 Å². The molecule has 0 spiro atoms. The Labute approximate surface area is 222 Å². The van der Waals surface area contributed by atoms with Crippen LogP contribution in [-0.4, -0.2) is 36.6 Å². The molecular formula is C29H26F3NO6. The van der Waals surface area contributed by atoms with Gasteiger partial charge in [-0.3, -0.25) is 9.59 Å². The summed E-state index contributed by atoms with van der Waals surface area (Å²) in [4.78, 5) is 25.5. The average molecular weight is 542 g/mol. The third kappa shape index (κ3) is 6.10. The van der Waals surface area contributed by atoms with Gasteiger partial charge in [-0.2, -0.15) is 0 Å². The summed E-state index contributed by atoms with van der Waals surface area (Å²) in [6.45, 7) is 1.02. The molecule has 3 aromatic carbocycles. The molecule has 204 valence electrons. The number of hydrogen-bond acceptors (Lipinski definition) is 5. The summed E-state index contributed by atoms with van der Waals surface area (Å²) >= 11 is 0. The number of halogens is 3. The molecule has 1 amide bonds. The van der Waals surface area contributed by atoms with E-state index in [0.29, 0.717) is 42.2 Å². The zero-order chi connectivity index (χ0) is 27.6. The number of hydrogen-bond donors (Lipinski definition) is 1. The van der Waals surface area contributed by atoms with Crippen LogP contribution in [0.1, 0.15) is 52.2 Å². The average Bonchev–Trinajstić information content (AvgIpc) is 3.44. The Hall–Kier alpha value is -4.21. The number of alkyl halides is 3. The van der Waals surface area contributed by atoms with Crippen molar-refractivity contribution in [2.24, 2.45) is 0 Å². The predicted octanol–water partition coefficient (Wildman–Crippen LogP) is 6.10. The van der Waals surface area contributed by atoms with E-state index in [9.17, 15) is 22.8 Å². The van der Waals surface area contributed by atoms with Crippen LogP contribution in [0.2, 0.25) is 0 Å². The van der Waals surface area contributed by atoms with E-state index in [1.54, 1.807) is 18.2 Å². The van der Waals surface area contributed by atoms with Crippen LogP contribution in [0.15, 0.2) is 60.7 Å². The predicted molar refractivity (Wildman–Crippen MR) is 135 cm³/mol. The standard InChI is InChI=1S/C29H26F3NO6/c30-29(31,32)39-21-9-7-20(8-10-21)33-17-25-24(28(33)36)3-1-4-26(25)38-14-2-13-37-22-11-12-23-18(15-22)5-6-19(23)16-27(34)35/h1,3-4,7-12,15,19H,2,5-6,13-14,16-17H2,(H,34,35). The van der Waals surface area contributed by atoms with Crippen LogP contribution in [0.25, 0.3) is 0 Å². The smallest absolute Gasteiger partial charge is 0.493 e.